The van der Waals surface area contributed by atoms with Crippen LogP contribution in [0, 0.1) is 31.0 Å². The smallest absolute Gasteiger partial charge is 0.254 e. The van der Waals surface area contributed by atoms with E-state index in [1.807, 2.05) is 48.2 Å². The minimum absolute atomic E-state index is 0.0752. The van der Waals surface area contributed by atoms with E-state index in [4.69, 9.17) is 0 Å². The predicted molar refractivity (Wildman–Crippen MR) is 154 cm³/mol. The van der Waals surface area contributed by atoms with Gasteiger partial charge < -0.3 is 25.1 Å². The highest BCUT2D eigenvalue weighted by Crippen LogP contribution is 2.28. The molecule has 1 atom stereocenters. The average Bonchev–Trinajstić information content (AvgIpc) is 2.98. The molecule has 0 aliphatic carbocycles. The topological polar surface area (TPSA) is 95.7 Å². The highest BCUT2D eigenvalue weighted by atomic mass is 19.1. The Labute approximate surface area is 234 Å². The number of nitriles is 1. The lowest BCUT2D eigenvalue weighted by atomic mass is 9.99. The minimum Gasteiger partial charge on any atom is -0.394 e. The predicted octanol–water partition coefficient (Wildman–Crippen LogP) is 4.11. The van der Waals surface area contributed by atoms with Crippen LogP contribution in [0.25, 0.3) is 0 Å². The number of aliphatic hydroxyl groups excluding tert-OH is 1. The van der Waals surface area contributed by atoms with E-state index in [0.717, 1.165) is 48.4 Å². The lowest BCUT2D eigenvalue weighted by Gasteiger charge is -2.41. The molecule has 8 nitrogen and oxygen atoms in total. The van der Waals surface area contributed by atoms with Gasteiger partial charge in [0.25, 0.3) is 5.91 Å². The SMILES string of the molecule is Cc1cc(C)c(C(=O)N2CCN(c3cc(F)ccn3)C(CO)C2)cc1NC1CCN(c2ccccc2C#N)CC1. The van der Waals surface area contributed by atoms with Gasteiger partial charge in [0, 0.05) is 62.3 Å². The van der Waals surface area contributed by atoms with Crippen molar-refractivity contribution in [1.29, 1.82) is 5.26 Å². The second-order valence-corrected chi connectivity index (χ2v) is 10.6. The van der Waals surface area contributed by atoms with Crippen molar-refractivity contribution in [2.75, 3.05) is 54.4 Å². The number of aromatic nitrogens is 1. The molecule has 2 aromatic carbocycles. The number of nitrogens with zero attached hydrogens (tertiary/aromatic N) is 5. The van der Waals surface area contributed by atoms with Crippen LogP contribution in [-0.2, 0) is 0 Å². The molecule has 0 radical (unpaired) electrons. The molecule has 1 unspecified atom stereocenters. The largest absolute Gasteiger partial charge is 0.394 e. The van der Waals surface area contributed by atoms with Gasteiger partial charge >= 0.3 is 0 Å². The summed E-state index contributed by atoms with van der Waals surface area (Å²) in [6.45, 7) is 6.76. The number of carbonyl (C=O) groups excluding carboxylic acids is 1. The quantitative estimate of drug-likeness (QED) is 0.484. The first-order valence-electron chi connectivity index (χ1n) is 13.8. The molecule has 3 heterocycles. The molecule has 2 N–H and O–H groups in total. The third kappa shape index (κ3) is 5.73. The van der Waals surface area contributed by atoms with Gasteiger partial charge in [-0.25, -0.2) is 9.37 Å². The number of carbonyl (C=O) groups is 1. The van der Waals surface area contributed by atoms with E-state index in [2.05, 4.69) is 28.2 Å². The summed E-state index contributed by atoms with van der Waals surface area (Å²) in [5.74, 6) is 0.00764. The summed E-state index contributed by atoms with van der Waals surface area (Å²) in [6, 6.07) is 16.6. The lowest BCUT2D eigenvalue weighted by Crippen LogP contribution is -2.56. The van der Waals surface area contributed by atoms with Crippen LogP contribution in [-0.4, -0.2) is 72.3 Å². The zero-order valence-corrected chi connectivity index (χ0v) is 23.0. The van der Waals surface area contributed by atoms with Gasteiger partial charge in [-0.3, -0.25) is 4.79 Å². The van der Waals surface area contributed by atoms with Crippen molar-refractivity contribution in [3.05, 3.63) is 82.8 Å². The molecular weight excluding hydrogens is 507 g/mol. The number of aryl methyl sites for hydroxylation is 2. The lowest BCUT2D eigenvalue weighted by molar-refractivity contribution is 0.0698. The zero-order chi connectivity index (χ0) is 28.2. The van der Waals surface area contributed by atoms with Crippen LogP contribution in [0.3, 0.4) is 0 Å². The van der Waals surface area contributed by atoms with Crippen LogP contribution in [0.5, 0.6) is 0 Å². The number of para-hydroxylation sites is 1. The Morgan fingerprint density at radius 3 is 2.60 bits per heavy atom. The van der Waals surface area contributed by atoms with Crippen LogP contribution in [0.15, 0.2) is 54.7 Å². The van der Waals surface area contributed by atoms with Gasteiger partial charge in [0.2, 0.25) is 0 Å². The standard InChI is InChI=1S/C31H35FN6O2/c1-21-15-22(2)28(35-25-8-11-36(12-9-25)29-6-4-3-5-23(29)18-33)17-27(21)31(40)37-13-14-38(26(19-37)20-39)30-16-24(32)7-10-34-30/h3-7,10,15-17,25-26,35,39H,8-9,11-14,19-20H2,1-2H3. The first-order valence-corrected chi connectivity index (χ1v) is 13.8. The van der Waals surface area contributed by atoms with E-state index in [-0.39, 0.29) is 30.4 Å². The molecule has 2 aliphatic heterocycles. The number of hydrogen-bond acceptors (Lipinski definition) is 7. The first-order chi connectivity index (χ1) is 19.4. The Morgan fingerprint density at radius 1 is 1.10 bits per heavy atom. The molecule has 0 saturated carbocycles. The van der Waals surface area contributed by atoms with E-state index < -0.39 is 0 Å². The fourth-order valence-corrected chi connectivity index (χ4v) is 5.79. The molecule has 9 heteroatoms. The maximum absolute atomic E-state index is 13.8. The number of nitrogens with one attached hydrogen (secondary N) is 1. The molecule has 3 aromatic rings. The van der Waals surface area contributed by atoms with Gasteiger partial charge in [-0.1, -0.05) is 18.2 Å². The van der Waals surface area contributed by atoms with E-state index in [0.29, 0.717) is 36.6 Å². The minimum atomic E-state index is -0.381. The van der Waals surface area contributed by atoms with Crippen molar-refractivity contribution in [2.45, 2.75) is 38.8 Å². The summed E-state index contributed by atoms with van der Waals surface area (Å²) in [6.07, 6.45) is 3.26. The van der Waals surface area contributed by atoms with E-state index in [1.54, 1.807) is 4.90 Å². The molecule has 0 spiro atoms. The van der Waals surface area contributed by atoms with Gasteiger partial charge in [0.05, 0.1) is 23.9 Å². The van der Waals surface area contributed by atoms with Crippen molar-refractivity contribution in [3.63, 3.8) is 0 Å². The number of rotatable bonds is 6. The van der Waals surface area contributed by atoms with Crippen LogP contribution >= 0.6 is 0 Å². The Hall–Kier alpha value is -4.16. The van der Waals surface area contributed by atoms with Gasteiger partial charge in [-0.2, -0.15) is 5.26 Å². The Morgan fingerprint density at radius 2 is 1.88 bits per heavy atom. The van der Waals surface area contributed by atoms with Crippen molar-refractivity contribution >= 4 is 23.1 Å². The number of amides is 1. The number of piperazine rings is 1. The summed E-state index contributed by atoms with van der Waals surface area (Å²) in [5, 5.41) is 23.2. The molecule has 40 heavy (non-hydrogen) atoms. The monoisotopic (exact) mass is 542 g/mol. The molecule has 1 amide bonds. The average molecular weight is 543 g/mol. The van der Waals surface area contributed by atoms with Gasteiger partial charge in [0.15, 0.2) is 0 Å². The Bertz CT molecular complexity index is 1420. The van der Waals surface area contributed by atoms with E-state index in [1.165, 1.54) is 18.3 Å². The number of pyridine rings is 1. The Balaban J connectivity index is 1.26. The summed E-state index contributed by atoms with van der Waals surface area (Å²) >= 11 is 0. The Kier molecular flexibility index (Phi) is 8.17. The summed E-state index contributed by atoms with van der Waals surface area (Å²) < 4.78 is 13.8. The molecule has 2 saturated heterocycles. The second-order valence-electron chi connectivity index (χ2n) is 10.6. The number of aliphatic hydroxyl groups is 1. The van der Waals surface area contributed by atoms with Crippen LogP contribution in [0.2, 0.25) is 0 Å². The first kappa shape index (κ1) is 27.4. The highest BCUT2D eigenvalue weighted by Gasteiger charge is 2.31. The maximum atomic E-state index is 13.8. The zero-order valence-electron chi connectivity index (χ0n) is 23.0. The number of benzene rings is 2. The summed E-state index contributed by atoms with van der Waals surface area (Å²) in [5.41, 5.74) is 5.26. The van der Waals surface area contributed by atoms with Crippen LogP contribution in [0.1, 0.15) is 39.9 Å². The van der Waals surface area contributed by atoms with Crippen molar-refractivity contribution in [3.8, 4) is 6.07 Å². The molecule has 208 valence electrons. The summed E-state index contributed by atoms with van der Waals surface area (Å²) in [4.78, 5) is 23.8. The van der Waals surface area contributed by atoms with Gasteiger partial charge in [-0.05, 0) is 62.1 Å². The fourth-order valence-electron chi connectivity index (χ4n) is 5.79. The number of anilines is 3. The van der Waals surface area contributed by atoms with E-state index >= 15 is 0 Å². The number of halogens is 1. The number of piperidine rings is 1. The van der Waals surface area contributed by atoms with Crippen molar-refractivity contribution in [2.24, 2.45) is 0 Å². The van der Waals surface area contributed by atoms with Crippen molar-refractivity contribution < 1.29 is 14.3 Å². The highest BCUT2D eigenvalue weighted by molar-refractivity contribution is 5.97. The molecule has 2 fully saturated rings. The maximum Gasteiger partial charge on any atom is 0.254 e. The molecule has 5 rings (SSSR count). The second kappa shape index (κ2) is 11.9. The fraction of sp³-hybridized carbons (Fsp3) is 0.387. The third-order valence-electron chi connectivity index (χ3n) is 8.00. The summed E-state index contributed by atoms with van der Waals surface area (Å²) in [7, 11) is 0. The van der Waals surface area contributed by atoms with Gasteiger partial charge in [0.1, 0.15) is 17.7 Å². The molecular formula is C31H35FN6O2. The molecule has 2 aliphatic rings. The van der Waals surface area contributed by atoms with Gasteiger partial charge in [-0.15, -0.1) is 0 Å². The number of hydrogen-bond donors (Lipinski definition) is 2. The third-order valence-corrected chi connectivity index (χ3v) is 8.00. The molecule has 0 bridgehead atoms. The molecule has 1 aromatic heterocycles. The van der Waals surface area contributed by atoms with E-state index in [9.17, 15) is 19.6 Å². The normalized spacial score (nSPS) is 18.0. The van der Waals surface area contributed by atoms with Crippen LogP contribution in [0.4, 0.5) is 21.6 Å². The van der Waals surface area contributed by atoms with Crippen molar-refractivity contribution in [1.82, 2.24) is 9.88 Å². The van der Waals surface area contributed by atoms with Crippen LogP contribution < -0.4 is 15.1 Å².